The van der Waals surface area contributed by atoms with Crippen molar-refractivity contribution in [2.45, 2.75) is 13.8 Å². The van der Waals surface area contributed by atoms with Crippen molar-refractivity contribution >= 4 is 23.4 Å². The molecule has 1 saturated heterocycles. The highest BCUT2D eigenvalue weighted by molar-refractivity contribution is 7.99. The van der Waals surface area contributed by atoms with Gasteiger partial charge in [0.05, 0.1) is 6.54 Å². The van der Waals surface area contributed by atoms with Crippen LogP contribution in [0.5, 0.6) is 0 Å². The first kappa shape index (κ1) is 13.4. The summed E-state index contributed by atoms with van der Waals surface area (Å²) in [5.74, 6) is 2.36. The number of carbonyl (C=O) groups is 1. The lowest BCUT2D eigenvalue weighted by molar-refractivity contribution is -0.117. The maximum Gasteiger partial charge on any atom is 0.238 e. The van der Waals surface area contributed by atoms with E-state index in [1.54, 1.807) is 0 Å². The van der Waals surface area contributed by atoms with Crippen LogP contribution in [0, 0.1) is 13.8 Å². The first-order chi connectivity index (χ1) is 8.66. The number of carbonyl (C=O) groups excluding carboxylic acids is 1. The number of hydrogen-bond acceptors (Lipinski definition) is 3. The highest BCUT2D eigenvalue weighted by atomic mass is 32.2. The van der Waals surface area contributed by atoms with Gasteiger partial charge in [-0.1, -0.05) is 12.1 Å². The van der Waals surface area contributed by atoms with E-state index in [1.807, 2.05) is 30.8 Å². The molecule has 0 aliphatic carbocycles. The van der Waals surface area contributed by atoms with Crippen LogP contribution < -0.4 is 5.32 Å². The van der Waals surface area contributed by atoms with Crippen LogP contribution in [0.2, 0.25) is 0 Å². The lowest BCUT2D eigenvalue weighted by Gasteiger charge is -2.25. The van der Waals surface area contributed by atoms with E-state index in [0.29, 0.717) is 6.54 Å². The maximum absolute atomic E-state index is 12.0. The fourth-order valence-corrected chi connectivity index (χ4v) is 3.02. The summed E-state index contributed by atoms with van der Waals surface area (Å²) in [6.45, 7) is 6.65. The molecule has 0 spiro atoms. The monoisotopic (exact) mass is 264 g/mol. The summed E-state index contributed by atoms with van der Waals surface area (Å²) >= 11 is 1.96. The number of rotatable bonds is 3. The molecule has 2 rings (SSSR count). The van der Waals surface area contributed by atoms with E-state index < -0.39 is 0 Å². The molecule has 18 heavy (non-hydrogen) atoms. The number of nitrogens with zero attached hydrogens (tertiary/aromatic N) is 1. The summed E-state index contributed by atoms with van der Waals surface area (Å²) in [5.41, 5.74) is 3.30. The predicted octanol–water partition coefficient (Wildman–Crippen LogP) is 2.29. The number of anilines is 1. The molecule has 0 radical (unpaired) electrons. The second-order valence-corrected chi connectivity index (χ2v) is 5.91. The zero-order valence-electron chi connectivity index (χ0n) is 11.0. The Bertz CT molecular complexity index is 428. The number of hydrogen-bond donors (Lipinski definition) is 1. The molecular formula is C14H20N2OS. The Morgan fingerprint density at radius 2 is 2.06 bits per heavy atom. The quantitative estimate of drug-likeness (QED) is 0.909. The first-order valence-electron chi connectivity index (χ1n) is 6.33. The van der Waals surface area contributed by atoms with Crippen molar-refractivity contribution in [2.75, 3.05) is 36.5 Å². The molecule has 1 N–H and O–H groups in total. The third-order valence-corrected chi connectivity index (χ3v) is 4.29. The number of amides is 1. The summed E-state index contributed by atoms with van der Waals surface area (Å²) in [4.78, 5) is 14.2. The zero-order chi connectivity index (χ0) is 13.0. The van der Waals surface area contributed by atoms with Crippen LogP contribution in [0.15, 0.2) is 18.2 Å². The first-order valence-corrected chi connectivity index (χ1v) is 7.48. The van der Waals surface area contributed by atoms with Gasteiger partial charge < -0.3 is 5.32 Å². The molecule has 1 heterocycles. The highest BCUT2D eigenvalue weighted by Crippen LogP contribution is 2.18. The second kappa shape index (κ2) is 6.25. The third kappa shape index (κ3) is 3.50. The Kier molecular flexibility index (Phi) is 4.66. The van der Waals surface area contributed by atoms with E-state index in [0.717, 1.165) is 35.8 Å². The maximum atomic E-state index is 12.0. The molecule has 0 saturated carbocycles. The molecule has 0 unspecified atom stereocenters. The molecule has 0 atom stereocenters. The topological polar surface area (TPSA) is 32.3 Å². The molecule has 1 aliphatic rings. The van der Waals surface area contributed by atoms with Crippen molar-refractivity contribution in [3.63, 3.8) is 0 Å². The molecule has 1 amide bonds. The Morgan fingerprint density at radius 3 is 2.78 bits per heavy atom. The van der Waals surface area contributed by atoms with E-state index in [4.69, 9.17) is 0 Å². The Hall–Kier alpha value is -1.00. The smallest absolute Gasteiger partial charge is 0.238 e. The lowest BCUT2D eigenvalue weighted by atomic mass is 10.1. The number of thioether (sulfide) groups is 1. The zero-order valence-corrected chi connectivity index (χ0v) is 11.8. The molecule has 1 fully saturated rings. The minimum atomic E-state index is 0.0931. The summed E-state index contributed by atoms with van der Waals surface area (Å²) in [5, 5.41) is 3.01. The highest BCUT2D eigenvalue weighted by Gasteiger charge is 2.14. The van der Waals surface area contributed by atoms with Gasteiger partial charge in [0.25, 0.3) is 0 Å². The molecule has 1 aromatic carbocycles. The number of nitrogens with one attached hydrogen (secondary N) is 1. The van der Waals surface area contributed by atoms with Crippen LogP contribution in [0.25, 0.3) is 0 Å². The molecule has 0 bridgehead atoms. The summed E-state index contributed by atoms with van der Waals surface area (Å²) in [6.07, 6.45) is 0. The minimum absolute atomic E-state index is 0.0931. The average molecular weight is 264 g/mol. The Morgan fingerprint density at radius 1 is 1.33 bits per heavy atom. The van der Waals surface area contributed by atoms with E-state index >= 15 is 0 Å². The Labute approximate surface area is 113 Å². The average Bonchev–Trinajstić information content (AvgIpc) is 2.36. The molecule has 1 aromatic rings. The SMILES string of the molecule is Cc1cccc(NC(=O)CN2CCSCC2)c1C. The van der Waals surface area contributed by atoms with Crippen LogP contribution in [0.1, 0.15) is 11.1 Å². The predicted molar refractivity (Wildman–Crippen MR) is 78.3 cm³/mol. The molecule has 3 nitrogen and oxygen atoms in total. The van der Waals surface area contributed by atoms with E-state index in [-0.39, 0.29) is 5.91 Å². The second-order valence-electron chi connectivity index (χ2n) is 4.68. The number of aryl methyl sites for hydroxylation is 1. The van der Waals surface area contributed by atoms with Crippen molar-refractivity contribution in [1.82, 2.24) is 4.90 Å². The standard InChI is InChI=1S/C14H20N2OS/c1-11-4-3-5-13(12(11)2)15-14(17)10-16-6-8-18-9-7-16/h3-5H,6-10H2,1-2H3,(H,15,17). The number of benzene rings is 1. The van der Waals surface area contributed by atoms with Crippen molar-refractivity contribution in [1.29, 1.82) is 0 Å². The Balaban J connectivity index is 1.92. The largest absolute Gasteiger partial charge is 0.325 e. The summed E-state index contributed by atoms with van der Waals surface area (Å²) < 4.78 is 0. The van der Waals surface area contributed by atoms with Gasteiger partial charge >= 0.3 is 0 Å². The van der Waals surface area contributed by atoms with Gasteiger partial charge in [-0.25, -0.2) is 0 Å². The summed E-state index contributed by atoms with van der Waals surface area (Å²) in [7, 11) is 0. The minimum Gasteiger partial charge on any atom is -0.325 e. The van der Waals surface area contributed by atoms with Gasteiger partial charge in [0.15, 0.2) is 0 Å². The van der Waals surface area contributed by atoms with Crippen LogP contribution in [-0.2, 0) is 4.79 Å². The van der Waals surface area contributed by atoms with Crippen molar-refractivity contribution in [3.8, 4) is 0 Å². The van der Waals surface area contributed by atoms with E-state index in [9.17, 15) is 4.79 Å². The van der Waals surface area contributed by atoms with Crippen LogP contribution in [-0.4, -0.2) is 41.9 Å². The van der Waals surface area contributed by atoms with Gasteiger partial charge in [-0.3, -0.25) is 9.69 Å². The van der Waals surface area contributed by atoms with E-state index in [2.05, 4.69) is 23.2 Å². The van der Waals surface area contributed by atoms with Crippen molar-refractivity contribution in [3.05, 3.63) is 29.3 Å². The van der Waals surface area contributed by atoms with Gasteiger partial charge in [-0.2, -0.15) is 11.8 Å². The normalized spacial score (nSPS) is 16.6. The lowest BCUT2D eigenvalue weighted by Crippen LogP contribution is -2.38. The van der Waals surface area contributed by atoms with E-state index in [1.165, 1.54) is 5.56 Å². The van der Waals surface area contributed by atoms with Gasteiger partial charge in [-0.15, -0.1) is 0 Å². The summed E-state index contributed by atoms with van der Waals surface area (Å²) in [6, 6.07) is 6.01. The fourth-order valence-electron chi connectivity index (χ4n) is 2.04. The van der Waals surface area contributed by atoms with Gasteiger partial charge in [0.1, 0.15) is 0 Å². The van der Waals surface area contributed by atoms with Crippen LogP contribution >= 0.6 is 11.8 Å². The van der Waals surface area contributed by atoms with Crippen molar-refractivity contribution in [2.24, 2.45) is 0 Å². The van der Waals surface area contributed by atoms with Crippen LogP contribution in [0.4, 0.5) is 5.69 Å². The fraction of sp³-hybridized carbons (Fsp3) is 0.500. The molecule has 4 heteroatoms. The molecule has 1 aliphatic heterocycles. The van der Waals surface area contributed by atoms with Gasteiger partial charge in [0, 0.05) is 30.3 Å². The van der Waals surface area contributed by atoms with Gasteiger partial charge in [0.2, 0.25) is 5.91 Å². The van der Waals surface area contributed by atoms with Gasteiger partial charge in [-0.05, 0) is 31.0 Å². The third-order valence-electron chi connectivity index (χ3n) is 3.35. The molecule has 0 aromatic heterocycles. The molecular weight excluding hydrogens is 244 g/mol. The molecule has 98 valence electrons. The van der Waals surface area contributed by atoms with Crippen molar-refractivity contribution < 1.29 is 4.79 Å². The van der Waals surface area contributed by atoms with Crippen LogP contribution in [0.3, 0.4) is 0 Å².